The van der Waals surface area contributed by atoms with Gasteiger partial charge >= 0.3 is 0 Å². The van der Waals surface area contributed by atoms with Gasteiger partial charge in [0.05, 0.1) is 5.56 Å². The molecule has 4 aromatic rings. The molecular weight excluding hydrogens is 352 g/mol. The van der Waals surface area contributed by atoms with Crippen molar-refractivity contribution in [2.45, 2.75) is 0 Å². The quantitative estimate of drug-likeness (QED) is 0.485. The van der Waals surface area contributed by atoms with E-state index in [0.29, 0.717) is 34.4 Å². The van der Waals surface area contributed by atoms with Gasteiger partial charge in [0.15, 0.2) is 0 Å². The molecule has 4 N–H and O–H groups in total. The molecule has 0 saturated heterocycles. The van der Waals surface area contributed by atoms with Crippen molar-refractivity contribution < 1.29 is 9.47 Å². The van der Waals surface area contributed by atoms with Gasteiger partial charge in [-0.15, -0.1) is 0 Å². The lowest BCUT2D eigenvalue weighted by Gasteiger charge is -2.12. The molecule has 1 aromatic heterocycles. The Kier molecular flexibility index (Phi) is 4.76. The number of nitrogen functional groups attached to an aromatic ring is 2. The number of nitrogens with zero attached hydrogens (tertiary/aromatic N) is 2. The number of anilines is 2. The molecule has 0 unspecified atom stereocenters. The van der Waals surface area contributed by atoms with Gasteiger partial charge in [0.2, 0.25) is 5.88 Å². The summed E-state index contributed by atoms with van der Waals surface area (Å²) in [7, 11) is 0. The zero-order valence-electron chi connectivity index (χ0n) is 14.9. The van der Waals surface area contributed by atoms with Crippen molar-refractivity contribution >= 4 is 11.5 Å². The van der Waals surface area contributed by atoms with Crippen molar-refractivity contribution in [2.75, 3.05) is 11.5 Å². The molecule has 6 heteroatoms. The van der Waals surface area contributed by atoms with Gasteiger partial charge in [0.1, 0.15) is 29.4 Å². The largest absolute Gasteiger partial charge is 0.457 e. The molecule has 0 spiro atoms. The topological polar surface area (TPSA) is 96.3 Å². The van der Waals surface area contributed by atoms with Crippen LogP contribution in [0, 0.1) is 0 Å². The Balaban J connectivity index is 1.63. The minimum absolute atomic E-state index is 0.325. The second kappa shape index (κ2) is 7.67. The van der Waals surface area contributed by atoms with E-state index in [2.05, 4.69) is 9.97 Å². The Bertz CT molecular complexity index is 1080. The molecule has 0 bridgehead atoms. The van der Waals surface area contributed by atoms with Crippen LogP contribution >= 0.6 is 0 Å². The van der Waals surface area contributed by atoms with E-state index in [4.69, 9.17) is 20.9 Å². The van der Waals surface area contributed by atoms with E-state index in [1.54, 1.807) is 18.2 Å². The number of nitrogens with two attached hydrogens (primary N) is 2. The van der Waals surface area contributed by atoms with Gasteiger partial charge < -0.3 is 20.9 Å². The third-order valence-corrected chi connectivity index (χ3v) is 4.04. The number of hydrogen-bond donors (Lipinski definition) is 2. The molecule has 0 saturated carbocycles. The first kappa shape index (κ1) is 17.4. The van der Waals surface area contributed by atoms with Crippen LogP contribution in [0.1, 0.15) is 0 Å². The Morgan fingerprint density at radius 1 is 0.643 bits per heavy atom. The second-order valence-corrected chi connectivity index (χ2v) is 6.05. The Labute approximate surface area is 162 Å². The molecule has 4 rings (SSSR count). The average Bonchev–Trinajstić information content (AvgIpc) is 2.70. The lowest BCUT2D eigenvalue weighted by Crippen LogP contribution is -2.00. The van der Waals surface area contributed by atoms with Gasteiger partial charge in [-0.25, -0.2) is 9.97 Å². The van der Waals surface area contributed by atoms with Crippen LogP contribution in [-0.4, -0.2) is 9.97 Å². The van der Waals surface area contributed by atoms with E-state index in [1.807, 2.05) is 60.7 Å². The number of aromatic nitrogens is 2. The summed E-state index contributed by atoms with van der Waals surface area (Å²) < 4.78 is 11.7. The maximum absolute atomic E-state index is 6.11. The van der Waals surface area contributed by atoms with Crippen molar-refractivity contribution in [3.63, 3.8) is 0 Å². The maximum Gasteiger partial charge on any atom is 0.232 e. The van der Waals surface area contributed by atoms with Crippen molar-refractivity contribution in [2.24, 2.45) is 0 Å². The summed E-state index contributed by atoms with van der Waals surface area (Å²) in [6.07, 6.45) is 1.37. The molecule has 0 amide bonds. The molecule has 28 heavy (non-hydrogen) atoms. The van der Waals surface area contributed by atoms with Crippen LogP contribution in [0.4, 0.5) is 11.5 Å². The zero-order chi connectivity index (χ0) is 19.3. The number of ether oxygens (including phenoxy) is 2. The molecule has 0 aliphatic heterocycles. The van der Waals surface area contributed by atoms with Crippen molar-refractivity contribution in [1.82, 2.24) is 9.97 Å². The first-order valence-corrected chi connectivity index (χ1v) is 8.66. The van der Waals surface area contributed by atoms with E-state index in [9.17, 15) is 0 Å². The number of hydrogen-bond acceptors (Lipinski definition) is 6. The fourth-order valence-electron chi connectivity index (χ4n) is 2.73. The van der Waals surface area contributed by atoms with Crippen LogP contribution in [0.3, 0.4) is 0 Å². The van der Waals surface area contributed by atoms with E-state index in [0.717, 1.165) is 11.3 Å². The summed E-state index contributed by atoms with van der Waals surface area (Å²) in [6, 6.07) is 24.2. The Morgan fingerprint density at radius 2 is 1.36 bits per heavy atom. The van der Waals surface area contributed by atoms with Crippen molar-refractivity contribution in [1.29, 1.82) is 0 Å². The highest BCUT2D eigenvalue weighted by Crippen LogP contribution is 2.36. The third kappa shape index (κ3) is 3.86. The SMILES string of the molecule is Nc1cccc(Oc2ncnc(N)c2-c2ccc(Oc3ccccc3)cc2)c1. The lowest BCUT2D eigenvalue weighted by atomic mass is 10.1. The van der Waals surface area contributed by atoms with Gasteiger partial charge in [-0.2, -0.15) is 0 Å². The van der Waals surface area contributed by atoms with Gasteiger partial charge in [-0.3, -0.25) is 0 Å². The first-order chi connectivity index (χ1) is 13.7. The van der Waals surface area contributed by atoms with E-state index in [1.165, 1.54) is 6.33 Å². The molecule has 6 nitrogen and oxygen atoms in total. The monoisotopic (exact) mass is 370 g/mol. The minimum atomic E-state index is 0.325. The maximum atomic E-state index is 6.11. The molecule has 138 valence electrons. The number of rotatable bonds is 5. The van der Waals surface area contributed by atoms with Crippen molar-refractivity contribution in [3.05, 3.63) is 85.2 Å². The van der Waals surface area contributed by atoms with Crippen LogP contribution in [0.2, 0.25) is 0 Å². The summed E-state index contributed by atoms with van der Waals surface area (Å²) in [5, 5.41) is 0. The standard InChI is InChI=1S/C22H18N4O2/c23-16-5-4-8-19(13-16)28-22-20(21(24)25-14-26-22)15-9-11-18(12-10-15)27-17-6-2-1-3-7-17/h1-14H,23H2,(H2,24,25,26). The van der Waals surface area contributed by atoms with E-state index >= 15 is 0 Å². The van der Waals surface area contributed by atoms with Crippen LogP contribution in [-0.2, 0) is 0 Å². The zero-order valence-corrected chi connectivity index (χ0v) is 14.9. The normalized spacial score (nSPS) is 10.4. The molecule has 3 aromatic carbocycles. The van der Waals surface area contributed by atoms with E-state index in [-0.39, 0.29) is 0 Å². The smallest absolute Gasteiger partial charge is 0.232 e. The Hall–Kier alpha value is -4.06. The summed E-state index contributed by atoms with van der Waals surface area (Å²) in [5.74, 6) is 2.73. The number of para-hydroxylation sites is 1. The van der Waals surface area contributed by atoms with Crippen LogP contribution in [0.25, 0.3) is 11.1 Å². The summed E-state index contributed by atoms with van der Waals surface area (Å²) in [5.41, 5.74) is 14.0. The lowest BCUT2D eigenvalue weighted by molar-refractivity contribution is 0.464. The highest BCUT2D eigenvalue weighted by Gasteiger charge is 2.14. The van der Waals surface area contributed by atoms with Gasteiger partial charge in [0, 0.05) is 11.8 Å². The minimum Gasteiger partial charge on any atom is -0.457 e. The molecule has 0 aliphatic carbocycles. The third-order valence-electron chi connectivity index (χ3n) is 4.04. The highest BCUT2D eigenvalue weighted by atomic mass is 16.5. The predicted octanol–water partition coefficient (Wildman–Crippen LogP) is 4.89. The number of benzene rings is 3. The summed E-state index contributed by atoms with van der Waals surface area (Å²) in [4.78, 5) is 8.34. The molecule has 0 fully saturated rings. The molecule has 0 radical (unpaired) electrons. The van der Waals surface area contributed by atoms with Gasteiger partial charge in [-0.1, -0.05) is 36.4 Å². The molecule has 0 atom stereocenters. The fourth-order valence-corrected chi connectivity index (χ4v) is 2.73. The summed E-state index contributed by atoms with van der Waals surface area (Å²) in [6.45, 7) is 0. The van der Waals surface area contributed by atoms with Gasteiger partial charge in [-0.05, 0) is 42.0 Å². The Morgan fingerprint density at radius 3 is 2.11 bits per heavy atom. The summed E-state index contributed by atoms with van der Waals surface area (Å²) >= 11 is 0. The van der Waals surface area contributed by atoms with Crippen LogP contribution < -0.4 is 20.9 Å². The van der Waals surface area contributed by atoms with E-state index < -0.39 is 0 Å². The van der Waals surface area contributed by atoms with Crippen molar-refractivity contribution in [3.8, 4) is 34.3 Å². The predicted molar refractivity (Wildman–Crippen MR) is 109 cm³/mol. The van der Waals surface area contributed by atoms with Crippen LogP contribution in [0.5, 0.6) is 23.1 Å². The first-order valence-electron chi connectivity index (χ1n) is 8.66. The molecule has 1 heterocycles. The fraction of sp³-hybridized carbons (Fsp3) is 0. The molecule has 0 aliphatic rings. The van der Waals surface area contributed by atoms with Gasteiger partial charge in [0.25, 0.3) is 0 Å². The highest BCUT2D eigenvalue weighted by molar-refractivity contribution is 5.78. The average molecular weight is 370 g/mol. The molecular formula is C22H18N4O2. The van der Waals surface area contributed by atoms with Crippen LogP contribution in [0.15, 0.2) is 85.2 Å². The second-order valence-electron chi connectivity index (χ2n) is 6.05.